The molecule has 0 amide bonds. The molecule has 1 aromatic heterocycles. The van der Waals surface area contributed by atoms with Crippen molar-refractivity contribution in [3.63, 3.8) is 0 Å². The Hall–Kier alpha value is -1.85. The largest absolute Gasteiger partial charge is 0.497 e. The zero-order chi connectivity index (χ0) is 16.9. The number of nitrogens with zero attached hydrogens (tertiary/aromatic N) is 2. The average molecular weight is 330 g/mol. The highest BCUT2D eigenvalue weighted by Crippen LogP contribution is 2.25. The topological polar surface area (TPSA) is 47.7 Å². The van der Waals surface area contributed by atoms with Crippen molar-refractivity contribution in [1.82, 2.24) is 10.1 Å². The summed E-state index contributed by atoms with van der Waals surface area (Å²) in [6.45, 7) is 4.81. The molecule has 0 aliphatic carbocycles. The van der Waals surface area contributed by atoms with Crippen molar-refractivity contribution >= 4 is 0 Å². The van der Waals surface area contributed by atoms with Gasteiger partial charge in [-0.2, -0.15) is 0 Å². The maximum absolute atomic E-state index is 5.74. The van der Waals surface area contributed by atoms with Crippen molar-refractivity contribution in [3.8, 4) is 5.75 Å². The predicted octanol–water partition coefficient (Wildman–Crippen LogP) is 3.07. The van der Waals surface area contributed by atoms with E-state index in [4.69, 9.17) is 14.0 Å². The van der Waals surface area contributed by atoms with Gasteiger partial charge in [-0.1, -0.05) is 17.3 Å². The Labute approximate surface area is 143 Å². The minimum atomic E-state index is 0.308. The van der Waals surface area contributed by atoms with E-state index in [-0.39, 0.29) is 0 Å². The van der Waals surface area contributed by atoms with Crippen molar-refractivity contribution in [1.29, 1.82) is 0 Å². The van der Waals surface area contributed by atoms with Crippen molar-refractivity contribution in [2.75, 3.05) is 27.3 Å². The number of methoxy groups -OCH3 is 2. The molecule has 1 aromatic carbocycles. The van der Waals surface area contributed by atoms with Gasteiger partial charge in [0.25, 0.3) is 0 Å². The maximum Gasteiger partial charge on any atom is 0.133 e. The van der Waals surface area contributed by atoms with Crippen LogP contribution in [-0.4, -0.2) is 43.5 Å². The highest BCUT2D eigenvalue weighted by Gasteiger charge is 2.29. The molecular weight excluding hydrogens is 304 g/mol. The molecule has 1 fully saturated rings. The van der Waals surface area contributed by atoms with Gasteiger partial charge in [0.1, 0.15) is 11.5 Å². The summed E-state index contributed by atoms with van der Waals surface area (Å²) in [7, 11) is 3.52. The number of aromatic nitrogens is 1. The first-order chi connectivity index (χ1) is 11.7. The Morgan fingerprint density at radius 1 is 1.25 bits per heavy atom. The quantitative estimate of drug-likeness (QED) is 0.814. The first kappa shape index (κ1) is 17.0. The van der Waals surface area contributed by atoms with E-state index >= 15 is 0 Å². The second-order valence-electron chi connectivity index (χ2n) is 6.54. The lowest BCUT2D eigenvalue weighted by molar-refractivity contribution is -0.00896. The Morgan fingerprint density at radius 2 is 2.04 bits per heavy atom. The van der Waals surface area contributed by atoms with Crippen LogP contribution in [0.15, 0.2) is 34.9 Å². The minimum Gasteiger partial charge on any atom is -0.497 e. The molecule has 1 aliphatic rings. The van der Waals surface area contributed by atoms with Crippen LogP contribution in [0.25, 0.3) is 0 Å². The highest BCUT2D eigenvalue weighted by molar-refractivity contribution is 5.27. The van der Waals surface area contributed by atoms with Gasteiger partial charge < -0.3 is 14.0 Å². The lowest BCUT2D eigenvalue weighted by Gasteiger charge is -2.37. The smallest absolute Gasteiger partial charge is 0.133 e. The molecule has 0 spiro atoms. The molecule has 5 heteroatoms. The number of piperidine rings is 1. The van der Waals surface area contributed by atoms with Gasteiger partial charge in [0.05, 0.1) is 18.9 Å². The van der Waals surface area contributed by atoms with Gasteiger partial charge in [-0.3, -0.25) is 4.90 Å². The first-order valence-corrected chi connectivity index (χ1v) is 8.48. The summed E-state index contributed by atoms with van der Waals surface area (Å²) in [5.41, 5.74) is 2.33. The predicted molar refractivity (Wildman–Crippen MR) is 92.1 cm³/mol. The number of benzene rings is 1. The Morgan fingerprint density at radius 3 is 2.67 bits per heavy atom. The lowest BCUT2D eigenvalue weighted by Crippen LogP contribution is -2.44. The first-order valence-electron chi connectivity index (χ1n) is 8.48. The molecule has 0 N–H and O–H groups in total. The van der Waals surface area contributed by atoms with Crippen LogP contribution in [0.1, 0.15) is 23.4 Å². The van der Waals surface area contributed by atoms with E-state index in [2.05, 4.69) is 22.2 Å². The lowest BCUT2D eigenvalue weighted by atomic mass is 9.88. The van der Waals surface area contributed by atoms with E-state index in [1.54, 1.807) is 7.11 Å². The molecule has 0 unspecified atom stereocenters. The standard InChI is InChI=1S/C19H26N2O3/c1-14-10-17(20-24-14)13-21-9-8-19(23-3)16(12-21)11-15-4-6-18(22-2)7-5-15/h4-7,10,16,19H,8-9,11-13H2,1-3H3/t16-,19-/m0/s1. The summed E-state index contributed by atoms with van der Waals surface area (Å²) >= 11 is 0. The number of hydrogen-bond acceptors (Lipinski definition) is 5. The van der Waals surface area contributed by atoms with Gasteiger partial charge in [-0.25, -0.2) is 0 Å². The SMILES string of the molecule is COc1ccc(C[C@H]2CN(Cc3cc(C)on3)CC[C@@H]2OC)cc1. The van der Waals surface area contributed by atoms with Crippen LogP contribution in [-0.2, 0) is 17.7 Å². The van der Waals surface area contributed by atoms with E-state index in [1.165, 1.54) is 5.56 Å². The van der Waals surface area contributed by atoms with Crippen molar-refractivity contribution in [2.45, 2.75) is 32.4 Å². The summed E-state index contributed by atoms with van der Waals surface area (Å²) in [5.74, 6) is 2.24. The van der Waals surface area contributed by atoms with Crippen LogP contribution >= 0.6 is 0 Å². The summed E-state index contributed by atoms with van der Waals surface area (Å²) < 4.78 is 16.2. The van der Waals surface area contributed by atoms with Crippen LogP contribution in [0.3, 0.4) is 0 Å². The van der Waals surface area contributed by atoms with Crippen LogP contribution < -0.4 is 4.74 Å². The number of likely N-dealkylation sites (tertiary alicyclic amines) is 1. The zero-order valence-electron chi connectivity index (χ0n) is 14.7. The molecule has 2 heterocycles. The Bertz CT molecular complexity index is 638. The molecule has 0 radical (unpaired) electrons. The second-order valence-corrected chi connectivity index (χ2v) is 6.54. The minimum absolute atomic E-state index is 0.308. The van der Waals surface area contributed by atoms with E-state index in [0.717, 1.165) is 49.7 Å². The normalized spacial score (nSPS) is 21.8. The maximum atomic E-state index is 5.74. The van der Waals surface area contributed by atoms with Crippen LogP contribution in [0.5, 0.6) is 5.75 Å². The Kier molecular flexibility index (Phi) is 5.53. The summed E-state index contributed by atoms with van der Waals surface area (Å²) in [6, 6.07) is 10.4. The molecule has 2 aromatic rings. The van der Waals surface area contributed by atoms with E-state index < -0.39 is 0 Å². The highest BCUT2D eigenvalue weighted by atomic mass is 16.5. The molecule has 5 nitrogen and oxygen atoms in total. The van der Waals surface area contributed by atoms with Gasteiger partial charge in [-0.15, -0.1) is 0 Å². The monoisotopic (exact) mass is 330 g/mol. The number of aryl methyl sites for hydroxylation is 1. The number of rotatable bonds is 6. The molecule has 1 aliphatic heterocycles. The molecule has 2 atom stereocenters. The molecule has 3 rings (SSSR count). The van der Waals surface area contributed by atoms with E-state index in [9.17, 15) is 0 Å². The fourth-order valence-corrected chi connectivity index (χ4v) is 3.52. The van der Waals surface area contributed by atoms with Crippen LogP contribution in [0.2, 0.25) is 0 Å². The molecule has 0 saturated carbocycles. The van der Waals surface area contributed by atoms with Gasteiger partial charge >= 0.3 is 0 Å². The zero-order valence-corrected chi connectivity index (χ0v) is 14.7. The van der Waals surface area contributed by atoms with Gasteiger partial charge in [-0.05, 0) is 37.5 Å². The van der Waals surface area contributed by atoms with E-state index in [0.29, 0.717) is 12.0 Å². The van der Waals surface area contributed by atoms with Gasteiger partial charge in [0.15, 0.2) is 0 Å². The summed E-state index contributed by atoms with van der Waals surface area (Å²) in [6.07, 6.45) is 2.37. The van der Waals surface area contributed by atoms with E-state index in [1.807, 2.05) is 32.2 Å². The molecule has 130 valence electrons. The van der Waals surface area contributed by atoms with Crippen LogP contribution in [0.4, 0.5) is 0 Å². The number of hydrogen-bond donors (Lipinski definition) is 0. The fraction of sp³-hybridized carbons (Fsp3) is 0.526. The molecule has 0 bridgehead atoms. The van der Waals surface area contributed by atoms with Gasteiger partial charge in [0, 0.05) is 38.7 Å². The Balaban J connectivity index is 1.64. The second kappa shape index (κ2) is 7.81. The third kappa shape index (κ3) is 4.16. The molecule has 24 heavy (non-hydrogen) atoms. The van der Waals surface area contributed by atoms with Crippen molar-refractivity contribution < 1.29 is 14.0 Å². The molecular formula is C19H26N2O3. The summed E-state index contributed by atoms with van der Waals surface area (Å²) in [4.78, 5) is 2.45. The van der Waals surface area contributed by atoms with Crippen molar-refractivity contribution in [2.24, 2.45) is 5.92 Å². The molecule has 1 saturated heterocycles. The fourth-order valence-electron chi connectivity index (χ4n) is 3.52. The third-order valence-corrected chi connectivity index (χ3v) is 4.77. The third-order valence-electron chi connectivity index (χ3n) is 4.77. The van der Waals surface area contributed by atoms with Crippen molar-refractivity contribution in [3.05, 3.63) is 47.3 Å². The summed E-state index contributed by atoms with van der Waals surface area (Å²) in [5, 5.41) is 4.12. The van der Waals surface area contributed by atoms with Crippen LogP contribution in [0, 0.1) is 12.8 Å². The van der Waals surface area contributed by atoms with Gasteiger partial charge in [0.2, 0.25) is 0 Å². The number of ether oxygens (including phenoxy) is 2. The average Bonchev–Trinajstić information content (AvgIpc) is 3.01.